The number of aryl methyl sites for hydroxylation is 1. The minimum atomic E-state index is -0.917. The summed E-state index contributed by atoms with van der Waals surface area (Å²) in [6.07, 6.45) is 1.20. The van der Waals surface area contributed by atoms with E-state index in [0.29, 0.717) is 25.3 Å². The third-order valence-electron chi connectivity index (χ3n) is 5.16. The maximum atomic E-state index is 12.7. The van der Waals surface area contributed by atoms with E-state index in [1.165, 1.54) is 5.56 Å². The van der Waals surface area contributed by atoms with Gasteiger partial charge in [-0.05, 0) is 54.5 Å². The van der Waals surface area contributed by atoms with Crippen molar-refractivity contribution in [3.05, 3.63) is 65.2 Å². The Hall–Kier alpha value is -2.62. The lowest BCUT2D eigenvalue weighted by Crippen LogP contribution is -2.39. The van der Waals surface area contributed by atoms with Gasteiger partial charge in [-0.3, -0.25) is 9.59 Å². The average Bonchev–Trinajstić information content (AvgIpc) is 3.43. The number of anilines is 1. The molecule has 4 nitrogen and oxygen atoms in total. The summed E-state index contributed by atoms with van der Waals surface area (Å²) < 4.78 is 0. The summed E-state index contributed by atoms with van der Waals surface area (Å²) >= 11 is 0. The fourth-order valence-electron chi connectivity index (χ4n) is 3.04. The highest BCUT2D eigenvalue weighted by Gasteiger charge is 2.56. The SMILES string of the molecule is Cc1ccccc1CNC(=O)C1(C(=O)Nc2ccc(C(C)C)cc2)CC1. The molecule has 0 bridgehead atoms. The van der Waals surface area contributed by atoms with E-state index in [1.54, 1.807) is 0 Å². The highest BCUT2D eigenvalue weighted by atomic mass is 16.2. The van der Waals surface area contributed by atoms with Crippen LogP contribution in [-0.4, -0.2) is 11.8 Å². The third-order valence-corrected chi connectivity index (χ3v) is 5.16. The van der Waals surface area contributed by atoms with E-state index in [0.717, 1.165) is 16.8 Å². The number of amides is 2. The number of rotatable bonds is 6. The molecular weight excluding hydrogens is 324 g/mol. The molecule has 2 aromatic carbocycles. The molecule has 0 saturated heterocycles. The van der Waals surface area contributed by atoms with Gasteiger partial charge in [0.05, 0.1) is 0 Å². The largest absolute Gasteiger partial charge is 0.351 e. The number of carbonyl (C=O) groups excluding carboxylic acids is 2. The molecular formula is C22H26N2O2. The molecule has 0 radical (unpaired) electrons. The lowest BCUT2D eigenvalue weighted by Gasteiger charge is -2.16. The van der Waals surface area contributed by atoms with E-state index in [4.69, 9.17) is 0 Å². The van der Waals surface area contributed by atoms with Crippen LogP contribution in [-0.2, 0) is 16.1 Å². The smallest absolute Gasteiger partial charge is 0.240 e. The summed E-state index contributed by atoms with van der Waals surface area (Å²) in [5.74, 6) is 0.0517. The molecule has 136 valence electrons. The highest BCUT2D eigenvalue weighted by Crippen LogP contribution is 2.47. The van der Waals surface area contributed by atoms with Crippen molar-refractivity contribution in [1.82, 2.24) is 5.32 Å². The van der Waals surface area contributed by atoms with Gasteiger partial charge in [0.1, 0.15) is 5.41 Å². The molecule has 0 spiro atoms. The van der Waals surface area contributed by atoms with Gasteiger partial charge in [-0.1, -0.05) is 50.2 Å². The summed E-state index contributed by atoms with van der Waals surface area (Å²) in [5, 5.41) is 5.84. The first kappa shape index (κ1) is 18.2. The van der Waals surface area contributed by atoms with Gasteiger partial charge < -0.3 is 10.6 Å². The lowest BCUT2D eigenvalue weighted by molar-refractivity contribution is -0.134. The third kappa shape index (κ3) is 3.79. The Morgan fingerprint density at radius 1 is 1.00 bits per heavy atom. The van der Waals surface area contributed by atoms with Crippen LogP contribution in [0, 0.1) is 12.3 Å². The minimum absolute atomic E-state index is 0.183. The summed E-state index contributed by atoms with van der Waals surface area (Å²) in [6, 6.07) is 15.8. The molecule has 2 amide bonds. The molecule has 1 fully saturated rings. The topological polar surface area (TPSA) is 58.2 Å². The summed E-state index contributed by atoms with van der Waals surface area (Å²) in [6.45, 7) is 6.72. The van der Waals surface area contributed by atoms with E-state index >= 15 is 0 Å². The summed E-state index contributed by atoms with van der Waals surface area (Å²) in [5.41, 5.74) is 3.24. The van der Waals surface area contributed by atoms with Crippen molar-refractivity contribution in [3.63, 3.8) is 0 Å². The molecule has 3 rings (SSSR count). The van der Waals surface area contributed by atoms with Crippen LogP contribution in [0.3, 0.4) is 0 Å². The number of carbonyl (C=O) groups is 2. The summed E-state index contributed by atoms with van der Waals surface area (Å²) in [4.78, 5) is 25.3. The number of hydrogen-bond acceptors (Lipinski definition) is 2. The standard InChI is InChI=1S/C22H26N2O2/c1-15(2)17-8-10-19(11-9-17)24-21(26)22(12-13-22)20(25)23-14-18-7-5-4-6-16(18)3/h4-11,15H,12-14H2,1-3H3,(H,23,25)(H,24,26). The van der Waals surface area contributed by atoms with Crippen molar-refractivity contribution in [2.24, 2.45) is 5.41 Å². The first-order valence-corrected chi connectivity index (χ1v) is 9.16. The molecule has 0 heterocycles. The number of hydrogen-bond donors (Lipinski definition) is 2. The molecule has 1 aliphatic rings. The maximum absolute atomic E-state index is 12.7. The lowest BCUT2D eigenvalue weighted by atomic mass is 10.0. The van der Waals surface area contributed by atoms with Gasteiger partial charge in [-0.2, -0.15) is 0 Å². The van der Waals surface area contributed by atoms with Gasteiger partial charge in [0, 0.05) is 12.2 Å². The molecule has 2 N–H and O–H groups in total. The van der Waals surface area contributed by atoms with E-state index in [9.17, 15) is 9.59 Å². The number of benzene rings is 2. The van der Waals surface area contributed by atoms with Crippen LogP contribution < -0.4 is 10.6 Å². The zero-order valence-corrected chi connectivity index (χ0v) is 15.6. The Morgan fingerprint density at radius 3 is 2.23 bits per heavy atom. The van der Waals surface area contributed by atoms with Gasteiger partial charge >= 0.3 is 0 Å². The minimum Gasteiger partial charge on any atom is -0.351 e. The highest BCUT2D eigenvalue weighted by molar-refractivity contribution is 6.13. The normalized spacial score (nSPS) is 14.8. The maximum Gasteiger partial charge on any atom is 0.240 e. The van der Waals surface area contributed by atoms with E-state index in [1.807, 2.05) is 55.5 Å². The Morgan fingerprint density at radius 2 is 1.65 bits per heavy atom. The van der Waals surface area contributed by atoms with Gasteiger partial charge in [0.25, 0.3) is 0 Å². The Balaban J connectivity index is 1.61. The predicted molar refractivity (Wildman–Crippen MR) is 104 cm³/mol. The second kappa shape index (κ2) is 7.32. The van der Waals surface area contributed by atoms with Crippen molar-refractivity contribution >= 4 is 17.5 Å². The van der Waals surface area contributed by atoms with Crippen molar-refractivity contribution in [3.8, 4) is 0 Å². The second-order valence-electron chi connectivity index (χ2n) is 7.42. The van der Waals surface area contributed by atoms with E-state index in [2.05, 4.69) is 24.5 Å². The fraction of sp³-hybridized carbons (Fsp3) is 0.364. The van der Waals surface area contributed by atoms with Crippen molar-refractivity contribution in [2.75, 3.05) is 5.32 Å². The van der Waals surface area contributed by atoms with Crippen molar-refractivity contribution in [2.45, 2.75) is 46.1 Å². The van der Waals surface area contributed by atoms with Gasteiger partial charge in [-0.25, -0.2) is 0 Å². The molecule has 0 aliphatic heterocycles. The number of nitrogens with one attached hydrogen (secondary N) is 2. The zero-order valence-electron chi connectivity index (χ0n) is 15.6. The van der Waals surface area contributed by atoms with Gasteiger partial charge in [0.15, 0.2) is 0 Å². The van der Waals surface area contributed by atoms with Crippen LogP contribution in [0.25, 0.3) is 0 Å². The average molecular weight is 350 g/mol. The molecule has 26 heavy (non-hydrogen) atoms. The zero-order chi connectivity index (χ0) is 18.7. The Bertz CT molecular complexity index is 805. The molecule has 2 aromatic rings. The fourth-order valence-corrected chi connectivity index (χ4v) is 3.04. The Kier molecular flexibility index (Phi) is 5.12. The summed E-state index contributed by atoms with van der Waals surface area (Å²) in [7, 11) is 0. The predicted octanol–water partition coefficient (Wildman–Crippen LogP) is 4.15. The monoisotopic (exact) mass is 350 g/mol. The second-order valence-corrected chi connectivity index (χ2v) is 7.42. The van der Waals surface area contributed by atoms with Crippen molar-refractivity contribution < 1.29 is 9.59 Å². The molecule has 0 unspecified atom stereocenters. The van der Waals surface area contributed by atoms with Crippen LogP contribution in [0.5, 0.6) is 0 Å². The van der Waals surface area contributed by atoms with Gasteiger partial charge in [0.2, 0.25) is 11.8 Å². The molecule has 4 heteroatoms. The first-order valence-electron chi connectivity index (χ1n) is 9.16. The molecule has 1 aliphatic carbocycles. The van der Waals surface area contributed by atoms with Crippen LogP contribution in [0.2, 0.25) is 0 Å². The first-order chi connectivity index (χ1) is 12.4. The van der Waals surface area contributed by atoms with E-state index in [-0.39, 0.29) is 11.8 Å². The van der Waals surface area contributed by atoms with Crippen LogP contribution >= 0.6 is 0 Å². The van der Waals surface area contributed by atoms with Crippen LogP contribution in [0.15, 0.2) is 48.5 Å². The molecule has 1 saturated carbocycles. The molecule has 0 aromatic heterocycles. The van der Waals surface area contributed by atoms with E-state index < -0.39 is 5.41 Å². The molecule has 0 atom stereocenters. The quantitative estimate of drug-likeness (QED) is 0.769. The van der Waals surface area contributed by atoms with Gasteiger partial charge in [-0.15, -0.1) is 0 Å². The van der Waals surface area contributed by atoms with Crippen LogP contribution in [0.4, 0.5) is 5.69 Å². The Labute approximate surface area is 155 Å². The van der Waals surface area contributed by atoms with Crippen LogP contribution in [0.1, 0.15) is 49.3 Å². The van der Waals surface area contributed by atoms with Crippen molar-refractivity contribution in [1.29, 1.82) is 0 Å².